The molecule has 2 aliphatic carbocycles. The van der Waals surface area contributed by atoms with E-state index in [2.05, 4.69) is 149 Å². The van der Waals surface area contributed by atoms with Crippen molar-refractivity contribution in [1.82, 2.24) is 0 Å². The Morgan fingerprint density at radius 1 is 0.364 bits per heavy atom. The molecule has 44 heavy (non-hydrogen) atoms. The van der Waals surface area contributed by atoms with Gasteiger partial charge in [-0.2, -0.15) is 0 Å². The molecule has 0 saturated heterocycles. The van der Waals surface area contributed by atoms with Crippen molar-refractivity contribution in [3.05, 3.63) is 144 Å². The molecule has 0 spiro atoms. The van der Waals surface area contributed by atoms with Gasteiger partial charge >= 0.3 is 0 Å². The largest absolute Gasteiger partial charge is 0.0622 e. The number of hydrogen-bond acceptors (Lipinski definition) is 0. The van der Waals surface area contributed by atoms with Gasteiger partial charge in [-0.1, -0.05) is 131 Å². The molecule has 10 rings (SSSR count). The lowest BCUT2D eigenvalue weighted by atomic mass is 9.79. The highest BCUT2D eigenvalue weighted by Crippen LogP contribution is 2.59. The zero-order valence-electron chi connectivity index (χ0n) is 25.5. The molecule has 0 radical (unpaired) electrons. The predicted molar refractivity (Wildman–Crippen MR) is 188 cm³/mol. The van der Waals surface area contributed by atoms with Crippen molar-refractivity contribution in [3.8, 4) is 33.4 Å². The summed E-state index contributed by atoms with van der Waals surface area (Å²) in [7, 11) is 0. The van der Waals surface area contributed by atoms with Gasteiger partial charge < -0.3 is 0 Å². The van der Waals surface area contributed by atoms with E-state index in [1.807, 2.05) is 0 Å². The average molecular weight is 561 g/mol. The molecule has 0 heterocycles. The summed E-state index contributed by atoms with van der Waals surface area (Å²) in [4.78, 5) is 0. The molecular formula is C44H32. The second-order valence-corrected chi connectivity index (χ2v) is 14.1. The van der Waals surface area contributed by atoms with Crippen molar-refractivity contribution in [3.63, 3.8) is 0 Å². The van der Waals surface area contributed by atoms with Gasteiger partial charge in [0.1, 0.15) is 0 Å². The first kappa shape index (κ1) is 24.5. The molecule has 0 N–H and O–H groups in total. The first-order chi connectivity index (χ1) is 21.3. The normalized spacial score (nSPS) is 15.6. The number of rotatable bonds is 1. The fourth-order valence-electron chi connectivity index (χ4n) is 8.95. The zero-order valence-corrected chi connectivity index (χ0v) is 25.5. The molecule has 8 aromatic rings. The first-order valence-corrected chi connectivity index (χ1v) is 15.9. The maximum atomic E-state index is 2.57. The van der Waals surface area contributed by atoms with E-state index in [4.69, 9.17) is 0 Å². The van der Waals surface area contributed by atoms with Crippen LogP contribution in [0.25, 0.3) is 76.5 Å². The van der Waals surface area contributed by atoms with E-state index < -0.39 is 0 Å². The van der Waals surface area contributed by atoms with Crippen LogP contribution in [0.2, 0.25) is 0 Å². The van der Waals surface area contributed by atoms with Crippen molar-refractivity contribution in [2.24, 2.45) is 0 Å². The molecule has 208 valence electrons. The van der Waals surface area contributed by atoms with Gasteiger partial charge in [0.05, 0.1) is 0 Å². The van der Waals surface area contributed by atoms with E-state index in [9.17, 15) is 0 Å². The van der Waals surface area contributed by atoms with Crippen LogP contribution in [0.4, 0.5) is 0 Å². The minimum atomic E-state index is -0.100. The van der Waals surface area contributed by atoms with Gasteiger partial charge in [-0.15, -0.1) is 0 Å². The molecule has 0 bridgehead atoms. The molecule has 0 saturated carbocycles. The molecule has 8 aromatic carbocycles. The van der Waals surface area contributed by atoms with Crippen LogP contribution in [0.3, 0.4) is 0 Å². The molecule has 2 aliphatic rings. The number of hydrogen-bond donors (Lipinski definition) is 0. The summed E-state index contributed by atoms with van der Waals surface area (Å²) in [6, 6.07) is 46.1. The Balaban J connectivity index is 1.30. The summed E-state index contributed by atoms with van der Waals surface area (Å²) in [5.74, 6) is 0. The van der Waals surface area contributed by atoms with Crippen LogP contribution in [0.5, 0.6) is 0 Å². The molecule has 0 aliphatic heterocycles. The highest BCUT2D eigenvalue weighted by atomic mass is 14.5. The Hall–Kier alpha value is -4.94. The smallest absolute Gasteiger partial charge is 0.0159 e. The van der Waals surface area contributed by atoms with Gasteiger partial charge in [-0.3, -0.25) is 0 Å². The van der Waals surface area contributed by atoms with Crippen molar-refractivity contribution in [2.75, 3.05) is 0 Å². The summed E-state index contributed by atoms with van der Waals surface area (Å²) >= 11 is 0. The zero-order chi connectivity index (χ0) is 29.5. The summed E-state index contributed by atoms with van der Waals surface area (Å²) in [6.45, 7) is 9.68. The molecule has 0 nitrogen and oxygen atoms in total. The van der Waals surface area contributed by atoms with Gasteiger partial charge in [0.15, 0.2) is 0 Å². The van der Waals surface area contributed by atoms with Crippen LogP contribution in [0, 0.1) is 0 Å². The summed E-state index contributed by atoms with van der Waals surface area (Å²) in [5.41, 5.74) is 13.9. The Labute approximate surface area is 257 Å². The van der Waals surface area contributed by atoms with E-state index in [1.54, 1.807) is 0 Å². The van der Waals surface area contributed by atoms with E-state index in [1.165, 1.54) is 98.7 Å². The molecule has 0 heteroatoms. The van der Waals surface area contributed by atoms with Crippen LogP contribution in [-0.4, -0.2) is 0 Å². The maximum Gasteiger partial charge on any atom is 0.0159 e. The lowest BCUT2D eigenvalue weighted by Crippen LogP contribution is -2.17. The van der Waals surface area contributed by atoms with E-state index in [0.29, 0.717) is 0 Å². The highest BCUT2D eigenvalue weighted by molar-refractivity contribution is 6.28. The second kappa shape index (κ2) is 7.96. The van der Waals surface area contributed by atoms with Crippen LogP contribution in [0.15, 0.2) is 121 Å². The van der Waals surface area contributed by atoms with Crippen LogP contribution in [0.1, 0.15) is 49.9 Å². The molecule has 0 fully saturated rings. The highest BCUT2D eigenvalue weighted by Gasteiger charge is 2.43. The third-order valence-electron chi connectivity index (χ3n) is 11.2. The van der Waals surface area contributed by atoms with Gasteiger partial charge in [0.25, 0.3) is 0 Å². The Bertz CT molecular complexity index is 2520. The van der Waals surface area contributed by atoms with Crippen molar-refractivity contribution >= 4 is 43.1 Å². The van der Waals surface area contributed by atoms with Gasteiger partial charge in [-0.25, -0.2) is 0 Å². The van der Waals surface area contributed by atoms with E-state index in [-0.39, 0.29) is 10.8 Å². The third-order valence-corrected chi connectivity index (χ3v) is 11.2. The van der Waals surface area contributed by atoms with Crippen molar-refractivity contribution in [1.29, 1.82) is 0 Å². The quantitative estimate of drug-likeness (QED) is 0.175. The van der Waals surface area contributed by atoms with Crippen LogP contribution < -0.4 is 0 Å². The minimum absolute atomic E-state index is 0.0645. The molecule has 0 unspecified atom stereocenters. The average Bonchev–Trinajstić information content (AvgIpc) is 3.42. The molecular weight excluding hydrogens is 528 g/mol. The monoisotopic (exact) mass is 560 g/mol. The van der Waals surface area contributed by atoms with Crippen molar-refractivity contribution in [2.45, 2.75) is 38.5 Å². The summed E-state index contributed by atoms with van der Waals surface area (Å²) < 4.78 is 0. The second-order valence-electron chi connectivity index (χ2n) is 14.1. The van der Waals surface area contributed by atoms with Gasteiger partial charge in [0.2, 0.25) is 0 Å². The topological polar surface area (TPSA) is 0 Å². The number of benzene rings is 8. The number of fused-ring (bicyclic) bond motifs is 9. The van der Waals surface area contributed by atoms with Gasteiger partial charge in [-0.05, 0) is 117 Å². The van der Waals surface area contributed by atoms with Crippen molar-refractivity contribution < 1.29 is 0 Å². The van der Waals surface area contributed by atoms with Gasteiger partial charge in [0, 0.05) is 10.8 Å². The SMILES string of the molecule is CC1(C)c2cc3c(cc2-c2c1ccc1ccccc21)C(C)(C)c1cc2ccc4ccc(-c5ccccc5)c5ccc(c1-3)c2c45. The fraction of sp³-hybridized carbons (Fsp3) is 0.136. The summed E-state index contributed by atoms with van der Waals surface area (Å²) in [5, 5.41) is 10.8. The summed E-state index contributed by atoms with van der Waals surface area (Å²) in [6.07, 6.45) is 0. The first-order valence-electron chi connectivity index (χ1n) is 15.9. The lowest BCUT2D eigenvalue weighted by Gasteiger charge is -2.24. The van der Waals surface area contributed by atoms with Crippen LogP contribution in [-0.2, 0) is 10.8 Å². The van der Waals surface area contributed by atoms with Crippen LogP contribution >= 0.6 is 0 Å². The minimum Gasteiger partial charge on any atom is -0.0622 e. The third kappa shape index (κ3) is 2.85. The molecule has 0 aromatic heterocycles. The predicted octanol–water partition coefficient (Wildman–Crippen LogP) is 12.0. The Kier molecular flexibility index (Phi) is 4.43. The fourth-order valence-corrected chi connectivity index (χ4v) is 8.95. The van der Waals surface area contributed by atoms with E-state index in [0.717, 1.165) is 0 Å². The molecule has 0 amide bonds. The van der Waals surface area contributed by atoms with E-state index >= 15 is 0 Å². The standard InChI is InChI=1S/C44H32/c1-43(2)35-21-17-26-12-8-9-13-30(26)41(35)33-23-37-34(24-36(33)43)42-32-20-19-31-29(25-10-6-5-7-11-25)18-16-27-14-15-28(40(32)39(27)31)22-38(42)44(37,3)4/h5-24H,1-4H3. The Morgan fingerprint density at radius 3 is 1.75 bits per heavy atom. The maximum absolute atomic E-state index is 2.57. The molecule has 0 atom stereocenters. The lowest BCUT2D eigenvalue weighted by molar-refractivity contribution is 0.652. The Morgan fingerprint density at radius 2 is 0.955 bits per heavy atom.